The largest absolute Gasteiger partial charge is 0.382 e. The molecule has 9 heteroatoms. The van der Waals surface area contributed by atoms with Crippen LogP contribution in [0.3, 0.4) is 0 Å². The lowest BCUT2D eigenvalue weighted by molar-refractivity contribution is 0.0763. The van der Waals surface area contributed by atoms with Crippen LogP contribution in [0.2, 0.25) is 0 Å². The molecule has 0 aliphatic carbocycles. The maximum absolute atomic E-state index is 13.9. The number of carbonyl (C=O) groups excluding carboxylic acids is 1. The van der Waals surface area contributed by atoms with Crippen molar-refractivity contribution in [2.45, 2.75) is 58.8 Å². The molecule has 41 heavy (non-hydrogen) atoms. The highest BCUT2D eigenvalue weighted by atomic mass is 19.1. The number of aromatic amines is 1. The van der Waals surface area contributed by atoms with E-state index in [-0.39, 0.29) is 23.3 Å². The van der Waals surface area contributed by atoms with Gasteiger partial charge in [-0.05, 0) is 99.6 Å². The number of fused-ring (bicyclic) bond motifs is 2. The molecule has 0 saturated carbocycles. The number of rotatable bonds is 8. The maximum atomic E-state index is 13.9. The lowest BCUT2D eigenvalue weighted by Crippen LogP contribution is -2.34. The molecular formula is C32H39FN6O2. The maximum Gasteiger partial charge on any atom is 0.257 e. The number of halogens is 1. The molecule has 2 aromatic carbocycles. The van der Waals surface area contributed by atoms with Crippen LogP contribution >= 0.6 is 0 Å². The number of nitrogens with zero attached hydrogens (tertiary/aromatic N) is 3. The van der Waals surface area contributed by atoms with Crippen molar-refractivity contribution >= 4 is 23.0 Å². The summed E-state index contributed by atoms with van der Waals surface area (Å²) in [5.41, 5.74) is 7.73. The first-order valence-corrected chi connectivity index (χ1v) is 14.6. The van der Waals surface area contributed by atoms with Gasteiger partial charge in [0.15, 0.2) is 0 Å². The summed E-state index contributed by atoms with van der Waals surface area (Å²) in [5, 5.41) is 7.08. The summed E-state index contributed by atoms with van der Waals surface area (Å²) in [4.78, 5) is 36.0. The SMILES string of the molecule is Cc1ccc(F)cc1C[C@H](C)Nc1cc[nH]c(=O)c1C1Nc2cc3c(c(C)c2N1C)C(=O)N(CCN1CCCC1)C3. The Kier molecular flexibility index (Phi) is 7.23. The van der Waals surface area contributed by atoms with Gasteiger partial charge in [0.05, 0.1) is 16.9 Å². The number of hydrogen-bond acceptors (Lipinski definition) is 6. The number of anilines is 3. The van der Waals surface area contributed by atoms with Crippen molar-refractivity contribution in [1.29, 1.82) is 0 Å². The minimum atomic E-state index is -0.414. The molecule has 4 heterocycles. The van der Waals surface area contributed by atoms with Crippen LogP contribution in [-0.2, 0) is 13.0 Å². The highest BCUT2D eigenvalue weighted by Gasteiger charge is 2.38. The van der Waals surface area contributed by atoms with E-state index in [1.807, 2.05) is 38.8 Å². The molecule has 8 nitrogen and oxygen atoms in total. The highest BCUT2D eigenvalue weighted by molar-refractivity contribution is 6.03. The molecule has 6 rings (SSSR count). The van der Waals surface area contributed by atoms with Crippen LogP contribution in [0.5, 0.6) is 0 Å². The number of nitrogens with one attached hydrogen (secondary N) is 3. The van der Waals surface area contributed by atoms with Gasteiger partial charge in [0.1, 0.15) is 12.0 Å². The van der Waals surface area contributed by atoms with Crippen LogP contribution in [0.1, 0.15) is 64.1 Å². The average molecular weight is 559 g/mol. The standard InChI is InChI=1S/C32H39FN6O2/c1-19-7-8-24(33)16-22(19)15-20(2)35-25-9-10-34-31(40)28(25)30-36-26-17-23-18-39(14-13-38-11-5-6-12-38)32(41)27(23)21(3)29(26)37(30)4/h7-10,16-17,20,30,36H,5-6,11-15,18H2,1-4H3,(H2,34,35,40)/t20-,30?/m0/s1. The number of carbonyl (C=O) groups is 1. The summed E-state index contributed by atoms with van der Waals surface area (Å²) < 4.78 is 13.9. The van der Waals surface area contributed by atoms with E-state index < -0.39 is 6.17 Å². The molecule has 3 N–H and O–H groups in total. The Labute approximate surface area is 240 Å². The van der Waals surface area contributed by atoms with Crippen LogP contribution in [0.4, 0.5) is 21.5 Å². The van der Waals surface area contributed by atoms with Crippen molar-refractivity contribution in [1.82, 2.24) is 14.8 Å². The fourth-order valence-electron chi connectivity index (χ4n) is 6.78. The zero-order chi connectivity index (χ0) is 28.8. The van der Waals surface area contributed by atoms with Gasteiger partial charge in [-0.25, -0.2) is 4.39 Å². The molecule has 1 fully saturated rings. The summed E-state index contributed by atoms with van der Waals surface area (Å²) in [6.07, 6.45) is 4.33. The Morgan fingerprint density at radius 2 is 1.88 bits per heavy atom. The predicted octanol–water partition coefficient (Wildman–Crippen LogP) is 4.79. The van der Waals surface area contributed by atoms with Crippen LogP contribution in [0.25, 0.3) is 0 Å². The molecule has 2 atom stereocenters. The molecule has 1 aromatic heterocycles. The second-order valence-corrected chi connectivity index (χ2v) is 11.8. The van der Waals surface area contributed by atoms with Gasteiger partial charge in [0.2, 0.25) is 0 Å². The van der Waals surface area contributed by atoms with Gasteiger partial charge in [0.25, 0.3) is 11.5 Å². The van der Waals surface area contributed by atoms with E-state index in [9.17, 15) is 14.0 Å². The number of benzene rings is 2. The molecular weight excluding hydrogens is 519 g/mol. The Bertz CT molecular complexity index is 1550. The van der Waals surface area contributed by atoms with Crippen LogP contribution in [0, 0.1) is 19.7 Å². The van der Waals surface area contributed by atoms with E-state index in [1.165, 1.54) is 18.9 Å². The number of likely N-dealkylation sites (tertiary alicyclic amines) is 1. The minimum Gasteiger partial charge on any atom is -0.382 e. The van der Waals surface area contributed by atoms with Crippen molar-refractivity contribution in [3.8, 4) is 0 Å². The highest BCUT2D eigenvalue weighted by Crippen LogP contribution is 2.46. The van der Waals surface area contributed by atoms with Crippen molar-refractivity contribution in [3.05, 3.63) is 86.1 Å². The Balaban J connectivity index is 1.23. The number of pyridine rings is 1. The summed E-state index contributed by atoms with van der Waals surface area (Å²) in [6.45, 7) is 10.5. The normalized spacial score (nSPS) is 19.0. The van der Waals surface area contributed by atoms with Gasteiger partial charge < -0.3 is 30.3 Å². The van der Waals surface area contributed by atoms with Crippen LogP contribution in [0.15, 0.2) is 41.3 Å². The summed E-state index contributed by atoms with van der Waals surface area (Å²) in [5.74, 6) is -0.155. The summed E-state index contributed by atoms with van der Waals surface area (Å²) >= 11 is 0. The number of aryl methyl sites for hydroxylation is 1. The molecule has 3 aliphatic heterocycles. The Hall–Kier alpha value is -3.85. The van der Waals surface area contributed by atoms with Crippen LogP contribution in [-0.4, -0.2) is 60.0 Å². The quantitative estimate of drug-likeness (QED) is 0.369. The first-order valence-electron chi connectivity index (χ1n) is 14.6. The average Bonchev–Trinajstić information content (AvgIpc) is 3.64. The number of amides is 1. The molecule has 1 saturated heterocycles. The first kappa shape index (κ1) is 27.3. The third-order valence-corrected chi connectivity index (χ3v) is 8.92. The van der Waals surface area contributed by atoms with Gasteiger partial charge >= 0.3 is 0 Å². The summed E-state index contributed by atoms with van der Waals surface area (Å²) in [6, 6.07) is 8.76. The predicted molar refractivity (Wildman–Crippen MR) is 161 cm³/mol. The molecule has 3 aromatic rings. The van der Waals surface area contributed by atoms with Crippen molar-refractivity contribution in [2.75, 3.05) is 48.8 Å². The monoisotopic (exact) mass is 558 g/mol. The molecule has 0 bridgehead atoms. The topological polar surface area (TPSA) is 83.7 Å². The van der Waals surface area contributed by atoms with E-state index in [0.717, 1.165) is 71.1 Å². The van der Waals surface area contributed by atoms with Gasteiger partial charge in [-0.15, -0.1) is 0 Å². The fourth-order valence-corrected chi connectivity index (χ4v) is 6.78. The minimum absolute atomic E-state index is 0.0418. The molecule has 1 amide bonds. The smallest absolute Gasteiger partial charge is 0.257 e. The van der Waals surface area contributed by atoms with Gasteiger partial charge in [-0.2, -0.15) is 0 Å². The number of H-pyrrole nitrogens is 1. The first-order chi connectivity index (χ1) is 19.7. The van der Waals surface area contributed by atoms with Gasteiger partial charge in [0, 0.05) is 50.2 Å². The van der Waals surface area contributed by atoms with Gasteiger partial charge in [-0.1, -0.05) is 6.07 Å². The lowest BCUT2D eigenvalue weighted by Gasteiger charge is -2.26. The molecule has 0 spiro atoms. The number of aromatic nitrogens is 1. The van der Waals surface area contributed by atoms with Crippen molar-refractivity contribution < 1.29 is 9.18 Å². The Morgan fingerprint density at radius 1 is 1.10 bits per heavy atom. The molecule has 216 valence electrons. The van der Waals surface area contributed by atoms with E-state index >= 15 is 0 Å². The third kappa shape index (κ3) is 5.07. The van der Waals surface area contributed by atoms with E-state index in [0.29, 0.717) is 18.5 Å². The zero-order valence-corrected chi connectivity index (χ0v) is 24.3. The van der Waals surface area contributed by atoms with Crippen LogP contribution < -0.4 is 21.1 Å². The zero-order valence-electron chi connectivity index (χ0n) is 24.3. The second-order valence-electron chi connectivity index (χ2n) is 11.8. The fraction of sp³-hybridized carbons (Fsp3) is 0.438. The van der Waals surface area contributed by atoms with E-state index in [4.69, 9.17) is 0 Å². The lowest BCUT2D eigenvalue weighted by atomic mass is 10.0. The third-order valence-electron chi connectivity index (χ3n) is 8.92. The molecule has 1 unspecified atom stereocenters. The van der Waals surface area contributed by atoms with Crippen molar-refractivity contribution in [2.24, 2.45) is 0 Å². The van der Waals surface area contributed by atoms with Crippen molar-refractivity contribution in [3.63, 3.8) is 0 Å². The van der Waals surface area contributed by atoms with E-state index in [2.05, 4.69) is 31.5 Å². The molecule has 3 aliphatic rings. The summed E-state index contributed by atoms with van der Waals surface area (Å²) in [7, 11) is 1.96. The van der Waals surface area contributed by atoms with E-state index in [1.54, 1.807) is 18.3 Å². The Morgan fingerprint density at radius 3 is 2.66 bits per heavy atom. The van der Waals surface area contributed by atoms with Gasteiger partial charge in [-0.3, -0.25) is 9.59 Å². The molecule has 0 radical (unpaired) electrons. The number of hydrogen-bond donors (Lipinski definition) is 3. The second kappa shape index (κ2) is 10.9.